The van der Waals surface area contributed by atoms with Crippen LogP contribution in [0.5, 0.6) is 0 Å². The van der Waals surface area contributed by atoms with Crippen LogP contribution in [0.1, 0.15) is 55.1 Å². The van der Waals surface area contributed by atoms with E-state index in [1.807, 2.05) is 0 Å². The predicted molar refractivity (Wildman–Crippen MR) is 104 cm³/mol. The van der Waals surface area contributed by atoms with Crippen LogP contribution in [0.25, 0.3) is 11.3 Å². The van der Waals surface area contributed by atoms with Crippen molar-refractivity contribution >= 4 is 29.2 Å². The van der Waals surface area contributed by atoms with Gasteiger partial charge in [0, 0.05) is 11.6 Å². The highest BCUT2D eigenvalue weighted by molar-refractivity contribution is 6.39. The maximum Gasteiger partial charge on any atom is 0.344 e. The Morgan fingerprint density at radius 3 is 2.75 bits per heavy atom. The molecular weight excluding hydrogens is 406 g/mol. The molecule has 0 radical (unpaired) electrons. The number of aromatic nitrogens is 1. The Labute approximate surface area is 172 Å². The summed E-state index contributed by atoms with van der Waals surface area (Å²) in [5.74, 6) is -0.739. The van der Waals surface area contributed by atoms with Crippen LogP contribution < -0.4 is 5.32 Å². The fraction of sp³-hybridized carbons (Fsp3) is 0.500. The molecule has 0 bridgehead atoms. The molecule has 0 spiro atoms. The van der Waals surface area contributed by atoms with Crippen LogP contribution in [0.15, 0.2) is 22.7 Å². The van der Waals surface area contributed by atoms with E-state index in [2.05, 4.69) is 17.4 Å². The molecule has 2 heterocycles. The normalized spacial score (nSPS) is 23.4. The van der Waals surface area contributed by atoms with E-state index in [-0.39, 0.29) is 36.0 Å². The molecule has 2 aliphatic rings. The lowest BCUT2D eigenvalue weighted by atomic mass is 9.99. The van der Waals surface area contributed by atoms with Crippen molar-refractivity contribution in [3.8, 4) is 11.3 Å². The highest BCUT2D eigenvalue weighted by Crippen LogP contribution is 2.52. The van der Waals surface area contributed by atoms with Crippen LogP contribution in [-0.2, 0) is 10.4 Å². The number of nitrogens with zero attached hydrogens (tertiary/aromatic N) is 1. The van der Waals surface area contributed by atoms with Crippen LogP contribution in [-0.4, -0.2) is 29.8 Å². The van der Waals surface area contributed by atoms with Crippen LogP contribution in [0.3, 0.4) is 0 Å². The van der Waals surface area contributed by atoms with Crippen LogP contribution in [0.4, 0.5) is 4.39 Å². The monoisotopic (exact) mass is 426 g/mol. The molecule has 1 aliphatic carbocycles. The molecule has 1 saturated heterocycles. The number of carbonyl (C=O) groups is 1. The fourth-order valence-corrected chi connectivity index (χ4v) is 4.19. The Balaban J connectivity index is 1.70. The molecule has 8 heteroatoms. The minimum Gasteiger partial charge on any atom is -0.459 e. The fourth-order valence-electron chi connectivity index (χ4n) is 3.61. The molecule has 150 valence electrons. The Hall–Kier alpha value is -1.63. The number of rotatable bonds is 5. The number of esters is 1. The number of carbonyl (C=O) groups excluding carboxylic acids is 1. The first-order chi connectivity index (χ1) is 13.4. The van der Waals surface area contributed by atoms with Gasteiger partial charge in [0.25, 0.3) is 0 Å². The summed E-state index contributed by atoms with van der Waals surface area (Å²) < 4.78 is 25.9. The number of ether oxygens (including phenoxy) is 1. The van der Waals surface area contributed by atoms with Crippen molar-refractivity contribution in [1.82, 2.24) is 10.5 Å². The van der Waals surface area contributed by atoms with Gasteiger partial charge in [-0.3, -0.25) is 0 Å². The van der Waals surface area contributed by atoms with Gasteiger partial charge in [-0.25, -0.2) is 9.18 Å². The SMILES string of the molecule is CC[C@@H]1C[C@H](OC(=O)c2c(-c3c(Cl)cccc3Cl)noc2C2(F)CC2)CCN1. The van der Waals surface area contributed by atoms with Crippen LogP contribution >= 0.6 is 23.2 Å². The zero-order chi connectivity index (χ0) is 19.9. The second kappa shape index (κ2) is 7.65. The van der Waals surface area contributed by atoms with Crippen LogP contribution in [0.2, 0.25) is 10.0 Å². The first-order valence-corrected chi connectivity index (χ1v) is 10.3. The molecule has 5 nitrogen and oxygen atoms in total. The van der Waals surface area contributed by atoms with Crippen molar-refractivity contribution in [3.63, 3.8) is 0 Å². The topological polar surface area (TPSA) is 64.4 Å². The van der Waals surface area contributed by atoms with E-state index in [0.29, 0.717) is 34.5 Å². The summed E-state index contributed by atoms with van der Waals surface area (Å²) in [4.78, 5) is 13.1. The predicted octanol–water partition coefficient (Wildman–Crippen LogP) is 5.29. The third kappa shape index (κ3) is 3.65. The van der Waals surface area contributed by atoms with Crippen molar-refractivity contribution in [3.05, 3.63) is 39.6 Å². The maximum absolute atomic E-state index is 14.9. The van der Waals surface area contributed by atoms with Gasteiger partial charge in [-0.05, 0) is 50.8 Å². The minimum absolute atomic E-state index is 0.0124. The second-order valence-electron chi connectivity index (χ2n) is 7.41. The number of piperidine rings is 1. The van der Waals surface area contributed by atoms with Crippen molar-refractivity contribution in [2.75, 3.05) is 6.54 Å². The van der Waals surface area contributed by atoms with Gasteiger partial charge in [0.05, 0.1) is 10.0 Å². The van der Waals surface area contributed by atoms with Crippen molar-refractivity contribution < 1.29 is 18.4 Å². The van der Waals surface area contributed by atoms with E-state index >= 15 is 0 Å². The van der Waals surface area contributed by atoms with Gasteiger partial charge in [-0.1, -0.05) is 41.3 Å². The Kier molecular flexibility index (Phi) is 5.38. The lowest BCUT2D eigenvalue weighted by Gasteiger charge is -2.29. The van der Waals surface area contributed by atoms with E-state index in [4.69, 9.17) is 32.5 Å². The lowest BCUT2D eigenvalue weighted by molar-refractivity contribution is 0.0177. The minimum atomic E-state index is -1.69. The number of nitrogens with one attached hydrogen (secondary N) is 1. The van der Waals surface area contributed by atoms with Crippen molar-refractivity contribution in [2.24, 2.45) is 0 Å². The van der Waals surface area contributed by atoms with Gasteiger partial charge in [-0.2, -0.15) is 0 Å². The van der Waals surface area contributed by atoms with Crippen molar-refractivity contribution in [2.45, 2.75) is 56.8 Å². The van der Waals surface area contributed by atoms with E-state index in [1.54, 1.807) is 18.2 Å². The van der Waals surface area contributed by atoms with E-state index in [9.17, 15) is 9.18 Å². The summed E-state index contributed by atoms with van der Waals surface area (Å²) in [6, 6.07) is 5.24. The number of alkyl halides is 1. The highest BCUT2D eigenvalue weighted by Gasteiger charge is 2.52. The molecule has 1 saturated carbocycles. The lowest BCUT2D eigenvalue weighted by Crippen LogP contribution is -2.41. The van der Waals surface area contributed by atoms with Gasteiger partial charge < -0.3 is 14.6 Å². The van der Waals surface area contributed by atoms with Gasteiger partial charge >= 0.3 is 5.97 Å². The largest absolute Gasteiger partial charge is 0.459 e. The number of hydrogen-bond acceptors (Lipinski definition) is 5. The summed E-state index contributed by atoms with van der Waals surface area (Å²) in [6.45, 7) is 2.85. The average Bonchev–Trinajstić information content (AvgIpc) is 3.26. The van der Waals surface area contributed by atoms with Gasteiger partial charge in [0.2, 0.25) is 0 Å². The molecule has 0 amide bonds. The number of hydrogen-bond donors (Lipinski definition) is 1. The second-order valence-corrected chi connectivity index (χ2v) is 8.22. The molecule has 0 unspecified atom stereocenters. The van der Waals surface area contributed by atoms with Gasteiger partial charge in [-0.15, -0.1) is 0 Å². The Morgan fingerprint density at radius 1 is 1.39 bits per heavy atom. The Morgan fingerprint density at radius 2 is 2.11 bits per heavy atom. The first-order valence-electron chi connectivity index (χ1n) is 9.50. The Bertz CT molecular complexity index is 877. The molecule has 1 aliphatic heterocycles. The van der Waals surface area contributed by atoms with Crippen LogP contribution in [0, 0.1) is 0 Å². The molecule has 2 aromatic rings. The maximum atomic E-state index is 14.9. The third-order valence-electron chi connectivity index (χ3n) is 5.40. The molecule has 4 rings (SSSR count). The number of benzene rings is 1. The van der Waals surface area contributed by atoms with E-state index in [1.165, 1.54) is 0 Å². The molecular formula is C20H21Cl2FN2O3. The standard InChI is InChI=1S/C20H21Cl2FN2O3/c1-2-11-10-12(6-9-24-11)27-19(26)16-17(15-13(21)4-3-5-14(15)22)25-28-18(16)20(23)7-8-20/h3-5,11-12,24H,2,6-10H2,1H3/t11-,12-/m1/s1. The highest BCUT2D eigenvalue weighted by atomic mass is 35.5. The molecule has 1 aromatic heterocycles. The summed E-state index contributed by atoms with van der Waals surface area (Å²) in [5, 5.41) is 7.96. The summed E-state index contributed by atoms with van der Waals surface area (Å²) >= 11 is 12.6. The average molecular weight is 427 g/mol. The smallest absolute Gasteiger partial charge is 0.344 e. The summed E-state index contributed by atoms with van der Waals surface area (Å²) in [7, 11) is 0. The first kappa shape index (κ1) is 19.7. The molecule has 2 atom stereocenters. The van der Waals surface area contributed by atoms with E-state index < -0.39 is 11.6 Å². The number of halogens is 3. The zero-order valence-corrected chi connectivity index (χ0v) is 16.9. The molecule has 2 fully saturated rings. The quantitative estimate of drug-likeness (QED) is 0.657. The van der Waals surface area contributed by atoms with Gasteiger partial charge in [0.15, 0.2) is 11.4 Å². The zero-order valence-electron chi connectivity index (χ0n) is 15.4. The summed E-state index contributed by atoms with van der Waals surface area (Å²) in [5.41, 5.74) is -1.23. The molecule has 1 aromatic carbocycles. The summed E-state index contributed by atoms with van der Waals surface area (Å²) in [6.07, 6.45) is 2.68. The van der Waals surface area contributed by atoms with Gasteiger partial charge in [0.1, 0.15) is 17.4 Å². The van der Waals surface area contributed by atoms with E-state index in [0.717, 1.165) is 13.0 Å². The third-order valence-corrected chi connectivity index (χ3v) is 6.03. The molecule has 28 heavy (non-hydrogen) atoms. The molecule has 1 N–H and O–H groups in total. The van der Waals surface area contributed by atoms with Crippen molar-refractivity contribution in [1.29, 1.82) is 0 Å².